The number of nitrogens with one attached hydrogen (secondary N) is 2. The van der Waals surface area contributed by atoms with Crippen molar-refractivity contribution in [3.05, 3.63) is 29.4 Å². The first-order valence-electron chi connectivity index (χ1n) is 6.49. The highest BCUT2D eigenvalue weighted by molar-refractivity contribution is 6.34. The van der Waals surface area contributed by atoms with E-state index in [1.165, 1.54) is 0 Å². The van der Waals surface area contributed by atoms with Crippen molar-refractivity contribution < 1.29 is 4.79 Å². The van der Waals surface area contributed by atoms with E-state index in [9.17, 15) is 4.79 Å². The highest BCUT2D eigenvalue weighted by atomic mass is 35.5. The van der Waals surface area contributed by atoms with Gasteiger partial charge in [-0.15, -0.1) is 10.2 Å². The molecule has 2 rings (SSSR count). The smallest absolute Gasteiger partial charge is 0.239 e. The summed E-state index contributed by atoms with van der Waals surface area (Å²) in [5.41, 5.74) is 0. The van der Waals surface area contributed by atoms with Crippen LogP contribution in [0.15, 0.2) is 24.3 Å². The molecule has 1 heterocycles. The maximum absolute atomic E-state index is 11.7. The van der Waals surface area contributed by atoms with Crippen LogP contribution < -0.4 is 10.6 Å². The Morgan fingerprint density at radius 1 is 1.25 bits per heavy atom. The molecule has 0 spiro atoms. The van der Waals surface area contributed by atoms with Crippen molar-refractivity contribution in [1.82, 2.24) is 15.5 Å². The zero-order chi connectivity index (χ0) is 14.5. The molecular formula is C14H17ClN4O. The van der Waals surface area contributed by atoms with E-state index in [4.69, 9.17) is 11.6 Å². The Labute approximate surface area is 122 Å². The predicted octanol–water partition coefficient (Wildman–Crippen LogP) is 2.47. The lowest BCUT2D eigenvalue weighted by Gasteiger charge is -2.10. The number of rotatable bonds is 5. The second kappa shape index (κ2) is 6.52. The molecule has 6 heteroatoms. The molecule has 2 N–H and O–H groups in total. The van der Waals surface area contributed by atoms with E-state index < -0.39 is 0 Å². The summed E-state index contributed by atoms with van der Waals surface area (Å²) < 4.78 is 0. The third-order valence-corrected chi connectivity index (χ3v) is 3.05. The maximum Gasteiger partial charge on any atom is 0.239 e. The number of benzene rings is 1. The van der Waals surface area contributed by atoms with Crippen LogP contribution in [0, 0.1) is 5.92 Å². The summed E-state index contributed by atoms with van der Waals surface area (Å²) in [4.78, 5) is 11.7. The second-order valence-corrected chi connectivity index (χ2v) is 5.29. The Balaban J connectivity index is 2.07. The number of hydrogen-bond acceptors (Lipinski definition) is 4. The van der Waals surface area contributed by atoms with Gasteiger partial charge in [0.15, 0.2) is 11.0 Å². The maximum atomic E-state index is 11.7. The molecular weight excluding hydrogens is 276 g/mol. The molecule has 1 amide bonds. The number of fused-ring (bicyclic) bond motifs is 1. The lowest BCUT2D eigenvalue weighted by Crippen LogP contribution is -2.32. The van der Waals surface area contributed by atoms with Crippen LogP contribution >= 0.6 is 11.6 Å². The summed E-state index contributed by atoms with van der Waals surface area (Å²) in [6.07, 6.45) is 0. The van der Waals surface area contributed by atoms with Gasteiger partial charge in [0.1, 0.15) is 0 Å². The Morgan fingerprint density at radius 3 is 2.65 bits per heavy atom. The van der Waals surface area contributed by atoms with Crippen LogP contribution in [0.1, 0.15) is 13.8 Å². The zero-order valence-electron chi connectivity index (χ0n) is 11.5. The molecule has 0 aliphatic heterocycles. The highest BCUT2D eigenvalue weighted by Gasteiger charge is 2.08. The van der Waals surface area contributed by atoms with Gasteiger partial charge >= 0.3 is 0 Å². The van der Waals surface area contributed by atoms with Gasteiger partial charge in [-0.2, -0.15) is 0 Å². The second-order valence-electron chi connectivity index (χ2n) is 4.94. The van der Waals surface area contributed by atoms with Gasteiger partial charge in [0.25, 0.3) is 0 Å². The predicted molar refractivity (Wildman–Crippen MR) is 80.9 cm³/mol. The van der Waals surface area contributed by atoms with Crippen molar-refractivity contribution in [2.24, 2.45) is 5.92 Å². The minimum Gasteiger partial charge on any atom is -0.359 e. The van der Waals surface area contributed by atoms with E-state index in [1.807, 2.05) is 38.1 Å². The van der Waals surface area contributed by atoms with Gasteiger partial charge in [-0.25, -0.2) is 0 Å². The van der Waals surface area contributed by atoms with Gasteiger partial charge in [-0.3, -0.25) is 4.79 Å². The van der Waals surface area contributed by atoms with Gasteiger partial charge in [0.05, 0.1) is 6.54 Å². The number of halogens is 1. The minimum absolute atomic E-state index is 0.0699. The summed E-state index contributed by atoms with van der Waals surface area (Å²) >= 11 is 6.00. The molecule has 20 heavy (non-hydrogen) atoms. The number of amides is 1. The first kappa shape index (κ1) is 14.5. The van der Waals surface area contributed by atoms with Crippen molar-refractivity contribution >= 4 is 34.1 Å². The van der Waals surface area contributed by atoms with Gasteiger partial charge < -0.3 is 10.6 Å². The molecule has 0 radical (unpaired) electrons. The van der Waals surface area contributed by atoms with Gasteiger partial charge in [-0.05, 0) is 5.92 Å². The monoisotopic (exact) mass is 292 g/mol. The van der Waals surface area contributed by atoms with E-state index in [1.54, 1.807) is 0 Å². The number of nitrogens with zero attached hydrogens (tertiary/aromatic N) is 2. The zero-order valence-corrected chi connectivity index (χ0v) is 12.2. The summed E-state index contributed by atoms with van der Waals surface area (Å²) in [6, 6.07) is 7.54. The molecule has 1 aromatic heterocycles. The van der Waals surface area contributed by atoms with Crippen LogP contribution in [0.3, 0.4) is 0 Å². The van der Waals surface area contributed by atoms with Crippen LogP contribution in [0.4, 0.5) is 5.82 Å². The van der Waals surface area contributed by atoms with Crippen LogP contribution in [0.25, 0.3) is 10.8 Å². The Morgan fingerprint density at radius 2 is 1.95 bits per heavy atom. The van der Waals surface area contributed by atoms with Crippen LogP contribution in [0.2, 0.25) is 5.15 Å². The van der Waals surface area contributed by atoms with Gasteiger partial charge in [0.2, 0.25) is 5.91 Å². The molecule has 0 fully saturated rings. The minimum atomic E-state index is -0.0699. The normalized spacial score (nSPS) is 10.8. The quantitative estimate of drug-likeness (QED) is 0.888. The highest BCUT2D eigenvalue weighted by Crippen LogP contribution is 2.25. The summed E-state index contributed by atoms with van der Waals surface area (Å²) in [5, 5.41) is 15.7. The Bertz CT molecular complexity index is 615. The molecule has 1 aromatic carbocycles. The summed E-state index contributed by atoms with van der Waals surface area (Å²) in [6.45, 7) is 4.92. The standard InChI is InChI=1S/C14H17ClN4O/c1-9(2)7-16-12(20)8-17-14-11-6-4-3-5-10(11)13(15)18-19-14/h3-6,9H,7-8H2,1-2H3,(H,16,20)(H,17,19). The lowest BCUT2D eigenvalue weighted by atomic mass is 10.2. The van der Waals surface area contributed by atoms with Crippen molar-refractivity contribution in [3.63, 3.8) is 0 Å². The van der Waals surface area contributed by atoms with Gasteiger partial charge in [0, 0.05) is 17.3 Å². The van der Waals surface area contributed by atoms with Gasteiger partial charge in [-0.1, -0.05) is 49.7 Å². The average molecular weight is 293 g/mol. The van der Waals surface area contributed by atoms with E-state index >= 15 is 0 Å². The van der Waals surface area contributed by atoms with Crippen molar-refractivity contribution in [1.29, 1.82) is 0 Å². The van der Waals surface area contributed by atoms with Crippen molar-refractivity contribution in [3.8, 4) is 0 Å². The molecule has 0 bridgehead atoms. The fraction of sp³-hybridized carbons (Fsp3) is 0.357. The number of carbonyl (C=O) groups is 1. The van der Waals surface area contributed by atoms with Crippen molar-refractivity contribution in [2.75, 3.05) is 18.4 Å². The van der Waals surface area contributed by atoms with Crippen LogP contribution in [-0.2, 0) is 4.79 Å². The lowest BCUT2D eigenvalue weighted by molar-refractivity contribution is -0.119. The summed E-state index contributed by atoms with van der Waals surface area (Å²) in [5.74, 6) is 0.916. The fourth-order valence-electron chi connectivity index (χ4n) is 1.75. The Kier molecular flexibility index (Phi) is 4.74. The van der Waals surface area contributed by atoms with E-state index in [2.05, 4.69) is 20.8 Å². The van der Waals surface area contributed by atoms with E-state index in [0.717, 1.165) is 10.8 Å². The van der Waals surface area contributed by atoms with Crippen LogP contribution in [0.5, 0.6) is 0 Å². The third kappa shape index (κ3) is 3.57. The number of hydrogen-bond donors (Lipinski definition) is 2. The third-order valence-electron chi connectivity index (χ3n) is 2.77. The number of aromatic nitrogens is 2. The molecule has 2 aromatic rings. The average Bonchev–Trinajstić information content (AvgIpc) is 2.45. The van der Waals surface area contributed by atoms with Crippen molar-refractivity contribution in [2.45, 2.75) is 13.8 Å². The largest absolute Gasteiger partial charge is 0.359 e. The first-order valence-corrected chi connectivity index (χ1v) is 6.87. The van der Waals surface area contributed by atoms with E-state index in [-0.39, 0.29) is 12.5 Å². The van der Waals surface area contributed by atoms with E-state index in [0.29, 0.717) is 23.4 Å². The molecule has 0 saturated heterocycles. The summed E-state index contributed by atoms with van der Waals surface area (Å²) in [7, 11) is 0. The number of carbonyl (C=O) groups excluding carboxylic acids is 1. The SMILES string of the molecule is CC(C)CNC(=O)CNc1nnc(Cl)c2ccccc12. The topological polar surface area (TPSA) is 66.9 Å². The molecule has 0 saturated carbocycles. The number of anilines is 1. The molecule has 0 unspecified atom stereocenters. The molecule has 5 nitrogen and oxygen atoms in total. The molecule has 0 aliphatic rings. The molecule has 0 aliphatic carbocycles. The first-order chi connectivity index (χ1) is 9.58. The molecule has 0 atom stereocenters. The van der Waals surface area contributed by atoms with Crippen LogP contribution in [-0.4, -0.2) is 29.2 Å². The fourth-order valence-corrected chi connectivity index (χ4v) is 1.95. The Hall–Kier alpha value is -1.88. The molecule has 106 valence electrons.